The van der Waals surface area contributed by atoms with Crippen LogP contribution in [0.5, 0.6) is 0 Å². The van der Waals surface area contributed by atoms with Gasteiger partial charge in [-0.1, -0.05) is 18.9 Å². The van der Waals surface area contributed by atoms with E-state index in [0.29, 0.717) is 24.9 Å². The second-order valence-electron chi connectivity index (χ2n) is 4.86. The van der Waals surface area contributed by atoms with E-state index in [1.165, 1.54) is 12.8 Å². The lowest BCUT2D eigenvalue weighted by molar-refractivity contribution is -0.119. The maximum atomic E-state index is 11.2. The van der Waals surface area contributed by atoms with Gasteiger partial charge < -0.3 is 11.5 Å². The number of hydrogen-bond acceptors (Lipinski definition) is 4. The Hall–Kier alpha value is -1.62. The minimum atomic E-state index is -0.288. The summed E-state index contributed by atoms with van der Waals surface area (Å²) in [5.41, 5.74) is 12.1. The first-order valence-corrected chi connectivity index (χ1v) is 6.38. The standard InChI is InChI=1S/C13H20N4O/c14-12(18)9-17(11-5-1-2-6-11)8-10-4-3-7-16-13(10)15/h3-4,7,11H,1-2,5-6,8-9H2,(H2,14,18)(H2,15,16). The zero-order valence-corrected chi connectivity index (χ0v) is 10.5. The molecule has 0 spiro atoms. The Morgan fingerprint density at radius 1 is 1.44 bits per heavy atom. The van der Waals surface area contributed by atoms with Gasteiger partial charge in [-0.15, -0.1) is 0 Å². The molecule has 0 unspecified atom stereocenters. The summed E-state index contributed by atoms with van der Waals surface area (Å²) in [5, 5.41) is 0. The molecule has 5 nitrogen and oxygen atoms in total. The molecular weight excluding hydrogens is 228 g/mol. The van der Waals surface area contributed by atoms with Gasteiger partial charge in [0.2, 0.25) is 5.91 Å². The SMILES string of the molecule is NC(=O)CN(Cc1cccnc1N)C1CCCC1. The molecule has 1 aromatic rings. The van der Waals surface area contributed by atoms with E-state index in [1.807, 2.05) is 12.1 Å². The third-order valence-electron chi connectivity index (χ3n) is 3.50. The molecule has 1 aliphatic carbocycles. The van der Waals surface area contributed by atoms with Gasteiger partial charge >= 0.3 is 0 Å². The zero-order valence-electron chi connectivity index (χ0n) is 10.5. The molecule has 0 bridgehead atoms. The lowest BCUT2D eigenvalue weighted by Crippen LogP contribution is -2.39. The molecule has 1 aliphatic rings. The Morgan fingerprint density at radius 3 is 2.78 bits per heavy atom. The van der Waals surface area contributed by atoms with E-state index in [9.17, 15) is 4.79 Å². The molecule has 0 atom stereocenters. The molecule has 0 aromatic carbocycles. The number of anilines is 1. The number of aromatic nitrogens is 1. The number of hydrogen-bond donors (Lipinski definition) is 2. The predicted octanol–water partition coefficient (Wildman–Crippen LogP) is 0.894. The molecule has 98 valence electrons. The van der Waals surface area contributed by atoms with E-state index < -0.39 is 0 Å². The summed E-state index contributed by atoms with van der Waals surface area (Å²) in [5.74, 6) is 0.245. The van der Waals surface area contributed by atoms with Crippen LogP contribution in [-0.4, -0.2) is 28.4 Å². The van der Waals surface area contributed by atoms with Crippen LogP contribution in [0.4, 0.5) is 5.82 Å². The van der Waals surface area contributed by atoms with Gasteiger partial charge in [0.1, 0.15) is 5.82 Å². The largest absolute Gasteiger partial charge is 0.383 e. The monoisotopic (exact) mass is 248 g/mol. The minimum Gasteiger partial charge on any atom is -0.383 e. The number of primary amides is 1. The van der Waals surface area contributed by atoms with Crippen molar-refractivity contribution in [3.8, 4) is 0 Å². The second kappa shape index (κ2) is 5.82. The fraction of sp³-hybridized carbons (Fsp3) is 0.538. The van der Waals surface area contributed by atoms with Crippen molar-refractivity contribution in [2.75, 3.05) is 12.3 Å². The molecule has 18 heavy (non-hydrogen) atoms. The normalized spacial score (nSPS) is 16.3. The summed E-state index contributed by atoms with van der Waals surface area (Å²) < 4.78 is 0. The summed E-state index contributed by atoms with van der Waals surface area (Å²) in [6.45, 7) is 0.937. The van der Waals surface area contributed by atoms with Crippen molar-refractivity contribution in [2.24, 2.45) is 5.73 Å². The summed E-state index contributed by atoms with van der Waals surface area (Å²) >= 11 is 0. The third-order valence-corrected chi connectivity index (χ3v) is 3.50. The van der Waals surface area contributed by atoms with Gasteiger partial charge in [0, 0.05) is 24.3 Å². The number of nitrogen functional groups attached to an aromatic ring is 1. The topological polar surface area (TPSA) is 85.2 Å². The molecule has 0 radical (unpaired) electrons. The van der Waals surface area contributed by atoms with E-state index in [0.717, 1.165) is 18.4 Å². The number of carbonyl (C=O) groups excluding carboxylic acids is 1. The Balaban J connectivity index is 2.09. The van der Waals surface area contributed by atoms with Gasteiger partial charge in [0.25, 0.3) is 0 Å². The smallest absolute Gasteiger partial charge is 0.231 e. The van der Waals surface area contributed by atoms with Crippen LogP contribution < -0.4 is 11.5 Å². The molecule has 1 amide bonds. The fourth-order valence-corrected chi connectivity index (χ4v) is 2.59. The Morgan fingerprint density at radius 2 is 2.17 bits per heavy atom. The molecule has 4 N–H and O–H groups in total. The maximum Gasteiger partial charge on any atom is 0.231 e. The average molecular weight is 248 g/mol. The van der Waals surface area contributed by atoms with Crippen molar-refractivity contribution < 1.29 is 4.79 Å². The first-order chi connectivity index (χ1) is 8.66. The number of rotatable bonds is 5. The Kier molecular flexibility index (Phi) is 4.15. The van der Waals surface area contributed by atoms with Gasteiger partial charge in [0.15, 0.2) is 0 Å². The molecule has 5 heteroatoms. The van der Waals surface area contributed by atoms with Crippen molar-refractivity contribution >= 4 is 11.7 Å². The lowest BCUT2D eigenvalue weighted by Gasteiger charge is -2.27. The van der Waals surface area contributed by atoms with E-state index in [1.54, 1.807) is 6.20 Å². The van der Waals surface area contributed by atoms with Crippen LogP contribution in [0.3, 0.4) is 0 Å². The molecule has 1 heterocycles. The van der Waals surface area contributed by atoms with E-state index in [4.69, 9.17) is 11.5 Å². The summed E-state index contributed by atoms with van der Waals surface area (Å²) in [7, 11) is 0. The van der Waals surface area contributed by atoms with Gasteiger partial charge in [-0.2, -0.15) is 0 Å². The van der Waals surface area contributed by atoms with Crippen LogP contribution >= 0.6 is 0 Å². The van der Waals surface area contributed by atoms with Crippen molar-refractivity contribution in [1.29, 1.82) is 0 Å². The highest BCUT2D eigenvalue weighted by atomic mass is 16.1. The molecule has 1 aromatic heterocycles. The number of carbonyl (C=O) groups is 1. The highest BCUT2D eigenvalue weighted by molar-refractivity contribution is 5.76. The molecular formula is C13H20N4O. The average Bonchev–Trinajstić information content (AvgIpc) is 2.84. The molecule has 1 fully saturated rings. The predicted molar refractivity (Wildman–Crippen MR) is 70.5 cm³/mol. The third kappa shape index (κ3) is 3.20. The van der Waals surface area contributed by atoms with Crippen LogP contribution in [0, 0.1) is 0 Å². The Bertz CT molecular complexity index is 415. The first-order valence-electron chi connectivity index (χ1n) is 6.38. The van der Waals surface area contributed by atoms with Gasteiger partial charge in [-0.3, -0.25) is 9.69 Å². The van der Waals surface area contributed by atoms with Crippen molar-refractivity contribution in [3.63, 3.8) is 0 Å². The second-order valence-corrected chi connectivity index (χ2v) is 4.86. The summed E-state index contributed by atoms with van der Waals surface area (Å²) in [6, 6.07) is 4.26. The van der Waals surface area contributed by atoms with Crippen LogP contribution in [0.25, 0.3) is 0 Å². The number of nitrogens with zero attached hydrogens (tertiary/aromatic N) is 2. The number of amides is 1. The quantitative estimate of drug-likeness (QED) is 0.810. The van der Waals surface area contributed by atoms with Crippen molar-refractivity contribution in [1.82, 2.24) is 9.88 Å². The zero-order chi connectivity index (χ0) is 13.0. The van der Waals surface area contributed by atoms with Crippen LogP contribution in [0.1, 0.15) is 31.2 Å². The molecule has 0 saturated heterocycles. The summed E-state index contributed by atoms with van der Waals surface area (Å²) in [6.07, 6.45) is 6.39. The molecule has 2 rings (SSSR count). The van der Waals surface area contributed by atoms with Crippen LogP contribution in [-0.2, 0) is 11.3 Å². The van der Waals surface area contributed by atoms with E-state index in [-0.39, 0.29) is 5.91 Å². The van der Waals surface area contributed by atoms with E-state index in [2.05, 4.69) is 9.88 Å². The lowest BCUT2D eigenvalue weighted by atomic mass is 10.1. The fourth-order valence-electron chi connectivity index (χ4n) is 2.59. The van der Waals surface area contributed by atoms with Gasteiger partial charge in [-0.25, -0.2) is 4.98 Å². The molecule has 0 aliphatic heterocycles. The number of nitrogens with two attached hydrogens (primary N) is 2. The highest BCUT2D eigenvalue weighted by Crippen LogP contribution is 2.25. The van der Waals surface area contributed by atoms with E-state index >= 15 is 0 Å². The summed E-state index contributed by atoms with van der Waals surface area (Å²) in [4.78, 5) is 17.4. The number of pyridine rings is 1. The molecule has 1 saturated carbocycles. The van der Waals surface area contributed by atoms with Crippen molar-refractivity contribution in [2.45, 2.75) is 38.3 Å². The first kappa shape index (κ1) is 12.8. The van der Waals surface area contributed by atoms with Crippen molar-refractivity contribution in [3.05, 3.63) is 23.9 Å². The van der Waals surface area contributed by atoms with Crippen LogP contribution in [0.2, 0.25) is 0 Å². The van der Waals surface area contributed by atoms with Crippen LogP contribution in [0.15, 0.2) is 18.3 Å². The maximum absolute atomic E-state index is 11.2. The van der Waals surface area contributed by atoms with Gasteiger partial charge in [-0.05, 0) is 18.9 Å². The minimum absolute atomic E-state index is 0.288. The Labute approximate surface area is 107 Å². The highest BCUT2D eigenvalue weighted by Gasteiger charge is 2.24. The van der Waals surface area contributed by atoms with Gasteiger partial charge in [0.05, 0.1) is 6.54 Å².